The van der Waals surface area contributed by atoms with E-state index in [4.69, 9.17) is 4.52 Å². The van der Waals surface area contributed by atoms with Crippen LogP contribution < -0.4 is 0 Å². The van der Waals surface area contributed by atoms with Crippen LogP contribution in [0.2, 0.25) is 0 Å². The van der Waals surface area contributed by atoms with Gasteiger partial charge in [0.1, 0.15) is 11.7 Å². The molecule has 7 heteroatoms. The van der Waals surface area contributed by atoms with Gasteiger partial charge in [-0.1, -0.05) is 23.4 Å². The maximum Gasteiger partial charge on any atom is 0.272 e. The van der Waals surface area contributed by atoms with E-state index in [0.29, 0.717) is 24.0 Å². The average Bonchev–Trinajstić information content (AvgIpc) is 3.26. The van der Waals surface area contributed by atoms with Crippen molar-refractivity contribution in [2.24, 2.45) is 0 Å². The fourth-order valence-electron chi connectivity index (χ4n) is 3.11. The zero-order valence-corrected chi connectivity index (χ0v) is 14.1. The second kappa shape index (κ2) is 5.49. The largest absolute Gasteiger partial charge is 0.350 e. The smallest absolute Gasteiger partial charge is 0.272 e. The fourth-order valence-corrected chi connectivity index (χ4v) is 3.73. The number of aromatic amines is 1. The van der Waals surface area contributed by atoms with Crippen molar-refractivity contribution in [3.63, 3.8) is 0 Å². The quantitative estimate of drug-likeness (QED) is 0.743. The Morgan fingerprint density at radius 3 is 3.00 bits per heavy atom. The molecule has 0 bridgehead atoms. The molecule has 1 fully saturated rings. The van der Waals surface area contributed by atoms with Crippen LogP contribution in [0.3, 0.4) is 0 Å². The van der Waals surface area contributed by atoms with Crippen molar-refractivity contribution in [2.45, 2.75) is 25.8 Å². The van der Waals surface area contributed by atoms with Gasteiger partial charge in [-0.05, 0) is 41.8 Å². The molecule has 3 aromatic rings. The van der Waals surface area contributed by atoms with E-state index in [1.54, 1.807) is 6.92 Å². The molecule has 1 amide bonds. The van der Waals surface area contributed by atoms with Gasteiger partial charge in [0.05, 0.1) is 4.47 Å². The molecule has 118 valence electrons. The number of hydrogen-bond acceptors (Lipinski definition) is 4. The summed E-state index contributed by atoms with van der Waals surface area (Å²) < 4.78 is 6.07. The number of rotatable bonds is 2. The molecule has 0 aliphatic carbocycles. The Morgan fingerprint density at radius 1 is 1.43 bits per heavy atom. The molecule has 1 aliphatic heterocycles. The first-order valence-corrected chi connectivity index (χ1v) is 8.32. The number of aryl methyl sites for hydroxylation is 1. The van der Waals surface area contributed by atoms with E-state index >= 15 is 0 Å². The number of carbonyl (C=O) groups excluding carboxylic acids is 1. The molecule has 1 saturated heterocycles. The van der Waals surface area contributed by atoms with Crippen molar-refractivity contribution in [2.75, 3.05) is 6.54 Å². The predicted molar refractivity (Wildman–Crippen MR) is 88.0 cm³/mol. The number of fused-ring (bicyclic) bond motifs is 1. The standard InChI is InChI=1S/C16H15BrN4O2/c1-9-18-15(23-20-9)12-7-4-8-21(12)16(22)14-13(17)10-5-2-3-6-11(10)19-14/h2-3,5-6,12,19H,4,7-8H2,1H3. The third-order valence-corrected chi connectivity index (χ3v) is 5.02. The van der Waals surface area contributed by atoms with Crippen LogP contribution >= 0.6 is 15.9 Å². The van der Waals surface area contributed by atoms with Gasteiger partial charge in [0.2, 0.25) is 5.89 Å². The molecule has 23 heavy (non-hydrogen) atoms. The molecule has 2 aromatic heterocycles. The summed E-state index contributed by atoms with van der Waals surface area (Å²) in [5, 5.41) is 4.84. The number of likely N-dealkylation sites (tertiary alicyclic amines) is 1. The predicted octanol–water partition coefficient (Wildman–Crippen LogP) is 3.60. The van der Waals surface area contributed by atoms with Crippen molar-refractivity contribution in [3.05, 3.63) is 46.1 Å². The summed E-state index contributed by atoms with van der Waals surface area (Å²) >= 11 is 3.55. The number of benzene rings is 1. The van der Waals surface area contributed by atoms with Gasteiger partial charge in [0.25, 0.3) is 5.91 Å². The summed E-state index contributed by atoms with van der Waals surface area (Å²) in [5.74, 6) is 1.05. The van der Waals surface area contributed by atoms with Gasteiger partial charge >= 0.3 is 0 Å². The minimum atomic E-state index is -0.151. The van der Waals surface area contributed by atoms with Gasteiger partial charge in [-0.25, -0.2) is 0 Å². The van der Waals surface area contributed by atoms with Gasteiger partial charge in [0, 0.05) is 17.4 Å². The zero-order valence-electron chi connectivity index (χ0n) is 12.5. The Kier molecular flexibility index (Phi) is 3.45. The highest BCUT2D eigenvalue weighted by Gasteiger charge is 2.35. The molecule has 0 spiro atoms. The lowest BCUT2D eigenvalue weighted by atomic mass is 10.2. The lowest BCUT2D eigenvalue weighted by Gasteiger charge is -2.21. The van der Waals surface area contributed by atoms with Crippen LogP contribution in [0.15, 0.2) is 33.3 Å². The van der Waals surface area contributed by atoms with E-state index in [9.17, 15) is 4.79 Å². The summed E-state index contributed by atoms with van der Waals surface area (Å²) in [6.07, 6.45) is 1.76. The first-order chi connectivity index (χ1) is 11.1. The van der Waals surface area contributed by atoms with Gasteiger partial charge in [0.15, 0.2) is 5.82 Å². The summed E-state index contributed by atoms with van der Waals surface area (Å²) in [5.41, 5.74) is 1.50. The third-order valence-electron chi connectivity index (χ3n) is 4.20. The van der Waals surface area contributed by atoms with Crippen molar-refractivity contribution < 1.29 is 9.32 Å². The lowest BCUT2D eigenvalue weighted by molar-refractivity contribution is 0.0704. The van der Waals surface area contributed by atoms with Gasteiger partial charge in [-0.15, -0.1) is 0 Å². The Balaban J connectivity index is 1.71. The number of halogens is 1. The molecule has 3 heterocycles. The van der Waals surface area contributed by atoms with Crippen LogP contribution in [0.25, 0.3) is 10.9 Å². The Hall–Kier alpha value is -2.15. The SMILES string of the molecule is Cc1noc(C2CCCN2C(=O)c2[nH]c3ccccc3c2Br)n1. The molecule has 0 radical (unpaired) electrons. The minimum absolute atomic E-state index is 0.0496. The number of carbonyl (C=O) groups is 1. The molecule has 1 unspecified atom stereocenters. The van der Waals surface area contributed by atoms with Crippen molar-refractivity contribution in [1.82, 2.24) is 20.0 Å². The number of H-pyrrole nitrogens is 1. The summed E-state index contributed by atoms with van der Waals surface area (Å²) in [6, 6.07) is 7.69. The van der Waals surface area contributed by atoms with E-state index < -0.39 is 0 Å². The highest BCUT2D eigenvalue weighted by atomic mass is 79.9. The summed E-state index contributed by atoms with van der Waals surface area (Å²) in [7, 11) is 0. The molecule has 1 aromatic carbocycles. The number of nitrogens with one attached hydrogen (secondary N) is 1. The number of hydrogen-bond donors (Lipinski definition) is 1. The average molecular weight is 375 g/mol. The second-order valence-corrected chi connectivity index (χ2v) is 6.49. The van der Waals surface area contributed by atoms with E-state index in [-0.39, 0.29) is 11.9 Å². The molecule has 1 N–H and O–H groups in total. The lowest BCUT2D eigenvalue weighted by Crippen LogP contribution is -2.31. The topological polar surface area (TPSA) is 75.0 Å². The van der Waals surface area contributed by atoms with Crippen LogP contribution in [0.4, 0.5) is 0 Å². The van der Waals surface area contributed by atoms with E-state index in [1.165, 1.54) is 0 Å². The number of aromatic nitrogens is 3. The van der Waals surface area contributed by atoms with Crippen LogP contribution in [-0.2, 0) is 0 Å². The Labute approximate surface area is 141 Å². The van der Waals surface area contributed by atoms with Crippen molar-refractivity contribution in [3.8, 4) is 0 Å². The van der Waals surface area contributed by atoms with Crippen LogP contribution in [0, 0.1) is 6.92 Å². The third kappa shape index (κ3) is 2.35. The molecule has 1 aliphatic rings. The Morgan fingerprint density at radius 2 is 2.26 bits per heavy atom. The Bertz CT molecular complexity index is 885. The van der Waals surface area contributed by atoms with Crippen molar-refractivity contribution in [1.29, 1.82) is 0 Å². The monoisotopic (exact) mass is 374 g/mol. The number of para-hydroxylation sites is 1. The van der Waals surface area contributed by atoms with Crippen LogP contribution in [-0.4, -0.2) is 32.5 Å². The number of nitrogens with zero attached hydrogens (tertiary/aromatic N) is 3. The second-order valence-electron chi connectivity index (χ2n) is 5.70. The number of amides is 1. The van der Waals surface area contributed by atoms with E-state index in [1.807, 2.05) is 29.2 Å². The van der Waals surface area contributed by atoms with E-state index in [2.05, 4.69) is 31.1 Å². The normalized spacial score (nSPS) is 18.0. The van der Waals surface area contributed by atoms with Crippen LogP contribution in [0.1, 0.15) is 41.1 Å². The molecular formula is C16H15BrN4O2. The molecule has 0 saturated carbocycles. The minimum Gasteiger partial charge on any atom is -0.350 e. The first-order valence-electron chi connectivity index (χ1n) is 7.52. The van der Waals surface area contributed by atoms with Gasteiger partial charge in [-0.3, -0.25) is 4.79 Å². The van der Waals surface area contributed by atoms with Crippen LogP contribution in [0.5, 0.6) is 0 Å². The molecule has 4 rings (SSSR count). The summed E-state index contributed by atoms with van der Waals surface area (Å²) in [4.78, 5) is 22.3. The van der Waals surface area contributed by atoms with E-state index in [0.717, 1.165) is 28.2 Å². The highest BCUT2D eigenvalue weighted by molar-refractivity contribution is 9.10. The fraction of sp³-hybridized carbons (Fsp3) is 0.312. The maximum absolute atomic E-state index is 13.0. The molecule has 6 nitrogen and oxygen atoms in total. The first kappa shape index (κ1) is 14.4. The highest BCUT2D eigenvalue weighted by Crippen LogP contribution is 2.35. The molecular weight excluding hydrogens is 360 g/mol. The van der Waals surface area contributed by atoms with Gasteiger partial charge < -0.3 is 14.4 Å². The van der Waals surface area contributed by atoms with Gasteiger partial charge in [-0.2, -0.15) is 4.98 Å². The molecule has 1 atom stereocenters. The zero-order chi connectivity index (χ0) is 16.0. The van der Waals surface area contributed by atoms with Crippen molar-refractivity contribution >= 4 is 32.7 Å². The maximum atomic E-state index is 13.0. The summed E-state index contributed by atoms with van der Waals surface area (Å²) in [6.45, 7) is 2.47.